The van der Waals surface area contributed by atoms with E-state index in [1.807, 2.05) is 47.9 Å². The van der Waals surface area contributed by atoms with Gasteiger partial charge in [-0.2, -0.15) is 0 Å². The molecule has 0 bridgehead atoms. The average Bonchev–Trinajstić information content (AvgIpc) is 3.18. The summed E-state index contributed by atoms with van der Waals surface area (Å²) < 4.78 is 7.13. The number of fused-ring (bicyclic) bond motifs is 1. The van der Waals surface area contributed by atoms with Gasteiger partial charge in [-0.1, -0.05) is 35.9 Å². The maximum atomic E-state index is 12.9. The molecular weight excluding hydrogens is 440 g/mol. The standard InChI is InChI=1S/C25H23ClN4O3/c1-16(27-25(32)17-11-13-18(26)14-12-17)24-29-19-7-3-5-9-21(19)30(24)15-23(31)28-20-8-4-6-10-22(20)33-2/h3-14,16H,15H2,1-2H3,(H,27,32)(H,28,31). The summed E-state index contributed by atoms with van der Waals surface area (Å²) >= 11 is 5.92. The number of benzene rings is 3. The largest absolute Gasteiger partial charge is 0.495 e. The molecule has 0 aliphatic rings. The van der Waals surface area contributed by atoms with Crippen molar-refractivity contribution < 1.29 is 14.3 Å². The first-order valence-corrected chi connectivity index (χ1v) is 10.8. The maximum absolute atomic E-state index is 12.9. The van der Waals surface area contributed by atoms with E-state index in [-0.39, 0.29) is 18.4 Å². The topological polar surface area (TPSA) is 85.2 Å². The molecule has 4 aromatic rings. The molecule has 0 saturated heterocycles. The van der Waals surface area contributed by atoms with Gasteiger partial charge in [0.1, 0.15) is 18.1 Å². The number of carbonyl (C=O) groups is 2. The van der Waals surface area contributed by atoms with Crippen LogP contribution in [0.2, 0.25) is 5.02 Å². The van der Waals surface area contributed by atoms with E-state index < -0.39 is 6.04 Å². The summed E-state index contributed by atoms with van der Waals surface area (Å²) in [6.07, 6.45) is 0. The van der Waals surface area contributed by atoms with E-state index in [4.69, 9.17) is 16.3 Å². The Morgan fingerprint density at radius 2 is 1.73 bits per heavy atom. The van der Waals surface area contributed by atoms with Crippen LogP contribution in [0.1, 0.15) is 29.1 Å². The quantitative estimate of drug-likeness (QED) is 0.412. The van der Waals surface area contributed by atoms with Crippen molar-refractivity contribution in [3.63, 3.8) is 0 Å². The smallest absolute Gasteiger partial charge is 0.251 e. The fourth-order valence-electron chi connectivity index (χ4n) is 3.62. The van der Waals surface area contributed by atoms with E-state index in [9.17, 15) is 9.59 Å². The van der Waals surface area contributed by atoms with Crippen molar-refractivity contribution in [2.75, 3.05) is 12.4 Å². The van der Waals surface area contributed by atoms with Crippen LogP contribution in [-0.4, -0.2) is 28.5 Å². The zero-order valence-corrected chi connectivity index (χ0v) is 19.0. The second kappa shape index (κ2) is 9.75. The van der Waals surface area contributed by atoms with Gasteiger partial charge in [0, 0.05) is 10.6 Å². The summed E-state index contributed by atoms with van der Waals surface area (Å²) in [6.45, 7) is 1.86. The molecule has 168 valence electrons. The number of aromatic nitrogens is 2. The summed E-state index contributed by atoms with van der Waals surface area (Å²) in [6, 6.07) is 21.0. The number of carbonyl (C=O) groups excluding carboxylic acids is 2. The third-order valence-electron chi connectivity index (χ3n) is 5.21. The molecule has 4 rings (SSSR count). The molecular formula is C25H23ClN4O3. The van der Waals surface area contributed by atoms with Crippen LogP contribution in [-0.2, 0) is 11.3 Å². The van der Waals surface area contributed by atoms with Crippen molar-refractivity contribution >= 4 is 40.1 Å². The van der Waals surface area contributed by atoms with Gasteiger partial charge in [0.15, 0.2) is 0 Å². The van der Waals surface area contributed by atoms with Gasteiger partial charge in [-0.15, -0.1) is 0 Å². The minimum Gasteiger partial charge on any atom is -0.495 e. The number of rotatable bonds is 7. The molecule has 8 heteroatoms. The monoisotopic (exact) mass is 462 g/mol. The van der Waals surface area contributed by atoms with Crippen molar-refractivity contribution in [2.45, 2.75) is 19.5 Å². The van der Waals surface area contributed by atoms with Crippen molar-refractivity contribution in [1.82, 2.24) is 14.9 Å². The Balaban J connectivity index is 1.59. The van der Waals surface area contributed by atoms with Crippen molar-refractivity contribution in [3.05, 3.63) is 89.2 Å². The van der Waals surface area contributed by atoms with Gasteiger partial charge in [-0.3, -0.25) is 9.59 Å². The lowest BCUT2D eigenvalue weighted by atomic mass is 10.2. The van der Waals surface area contributed by atoms with Crippen LogP contribution < -0.4 is 15.4 Å². The fourth-order valence-corrected chi connectivity index (χ4v) is 3.74. The molecule has 2 N–H and O–H groups in total. The Labute approximate surface area is 196 Å². The van der Waals surface area contributed by atoms with E-state index in [2.05, 4.69) is 15.6 Å². The SMILES string of the molecule is COc1ccccc1NC(=O)Cn1c(C(C)NC(=O)c2ccc(Cl)cc2)nc2ccccc21. The zero-order chi connectivity index (χ0) is 23.4. The van der Waals surface area contributed by atoms with Gasteiger partial charge < -0.3 is 19.9 Å². The molecule has 0 saturated carbocycles. The van der Waals surface area contributed by atoms with Crippen LogP contribution in [0, 0.1) is 0 Å². The van der Waals surface area contributed by atoms with E-state index in [1.54, 1.807) is 43.5 Å². The highest BCUT2D eigenvalue weighted by atomic mass is 35.5. The molecule has 1 atom stereocenters. The molecule has 0 radical (unpaired) electrons. The summed E-state index contributed by atoms with van der Waals surface area (Å²) in [5.74, 6) is 0.662. The molecule has 0 spiro atoms. The van der Waals surface area contributed by atoms with Gasteiger partial charge >= 0.3 is 0 Å². The highest BCUT2D eigenvalue weighted by molar-refractivity contribution is 6.30. The van der Waals surface area contributed by atoms with Gasteiger partial charge in [0.05, 0.1) is 29.9 Å². The predicted octanol–water partition coefficient (Wildman–Crippen LogP) is 4.83. The molecule has 2 amide bonds. The molecule has 3 aromatic carbocycles. The maximum Gasteiger partial charge on any atom is 0.251 e. The molecule has 1 heterocycles. The number of anilines is 1. The first-order chi connectivity index (χ1) is 16.0. The normalized spacial score (nSPS) is 11.7. The first kappa shape index (κ1) is 22.4. The second-order valence-electron chi connectivity index (χ2n) is 7.50. The molecule has 0 fully saturated rings. The summed E-state index contributed by atoms with van der Waals surface area (Å²) in [4.78, 5) is 30.3. The number of hydrogen-bond donors (Lipinski definition) is 2. The number of ether oxygens (including phenoxy) is 1. The van der Waals surface area contributed by atoms with E-state index in [0.717, 1.165) is 11.0 Å². The molecule has 0 aliphatic carbocycles. The van der Waals surface area contributed by atoms with Crippen LogP contribution >= 0.6 is 11.6 Å². The molecule has 0 aliphatic heterocycles. The third kappa shape index (κ3) is 4.99. The minimum atomic E-state index is -0.445. The van der Waals surface area contributed by atoms with Crippen molar-refractivity contribution in [1.29, 1.82) is 0 Å². The van der Waals surface area contributed by atoms with E-state index >= 15 is 0 Å². The molecule has 33 heavy (non-hydrogen) atoms. The van der Waals surface area contributed by atoms with Crippen molar-refractivity contribution in [2.24, 2.45) is 0 Å². The summed E-state index contributed by atoms with van der Waals surface area (Å²) in [5.41, 5.74) is 2.61. The lowest BCUT2D eigenvalue weighted by molar-refractivity contribution is -0.116. The third-order valence-corrected chi connectivity index (χ3v) is 5.46. The average molecular weight is 463 g/mol. The van der Waals surface area contributed by atoms with Gasteiger partial charge in [-0.25, -0.2) is 4.98 Å². The molecule has 1 aromatic heterocycles. The zero-order valence-electron chi connectivity index (χ0n) is 18.2. The van der Waals surface area contributed by atoms with Gasteiger partial charge in [-0.05, 0) is 55.5 Å². The Kier molecular flexibility index (Phi) is 6.60. The molecule has 1 unspecified atom stereocenters. The highest BCUT2D eigenvalue weighted by Crippen LogP contribution is 2.25. The van der Waals surface area contributed by atoms with Crippen LogP contribution in [0.25, 0.3) is 11.0 Å². The van der Waals surface area contributed by atoms with Crippen molar-refractivity contribution in [3.8, 4) is 5.75 Å². The Bertz CT molecular complexity index is 1300. The number of nitrogens with one attached hydrogen (secondary N) is 2. The number of amides is 2. The van der Waals surface area contributed by atoms with E-state index in [1.165, 1.54) is 0 Å². The minimum absolute atomic E-state index is 0.0229. The highest BCUT2D eigenvalue weighted by Gasteiger charge is 2.21. The second-order valence-corrected chi connectivity index (χ2v) is 7.93. The van der Waals surface area contributed by atoms with Gasteiger partial charge in [0.25, 0.3) is 5.91 Å². The Morgan fingerprint density at radius 3 is 2.48 bits per heavy atom. The fraction of sp³-hybridized carbons (Fsp3) is 0.160. The number of hydrogen-bond acceptors (Lipinski definition) is 4. The first-order valence-electron chi connectivity index (χ1n) is 10.4. The molecule has 7 nitrogen and oxygen atoms in total. The van der Waals surface area contributed by atoms with Crippen LogP contribution in [0.3, 0.4) is 0 Å². The van der Waals surface area contributed by atoms with Gasteiger partial charge in [0.2, 0.25) is 5.91 Å². The summed E-state index contributed by atoms with van der Waals surface area (Å²) in [5, 5.41) is 6.41. The van der Waals surface area contributed by atoms with Crippen LogP contribution in [0.15, 0.2) is 72.8 Å². The number of para-hydroxylation sites is 4. The lowest BCUT2D eigenvalue weighted by Gasteiger charge is -2.17. The van der Waals surface area contributed by atoms with Crippen LogP contribution in [0.5, 0.6) is 5.75 Å². The Morgan fingerprint density at radius 1 is 1.03 bits per heavy atom. The predicted molar refractivity (Wildman–Crippen MR) is 129 cm³/mol. The lowest BCUT2D eigenvalue weighted by Crippen LogP contribution is -2.30. The number of halogens is 1. The number of nitrogens with zero attached hydrogens (tertiary/aromatic N) is 2. The number of imidazole rings is 1. The summed E-state index contributed by atoms with van der Waals surface area (Å²) in [7, 11) is 1.55. The van der Waals surface area contributed by atoms with Crippen LogP contribution in [0.4, 0.5) is 5.69 Å². The van der Waals surface area contributed by atoms with E-state index in [0.29, 0.717) is 27.8 Å². The Hall–Kier alpha value is -3.84. The number of methoxy groups -OCH3 is 1.